The summed E-state index contributed by atoms with van der Waals surface area (Å²) in [6.07, 6.45) is 2.02. The van der Waals surface area contributed by atoms with Crippen LogP contribution >= 0.6 is 11.6 Å². The molecular formula is C16H26ClNO2. The van der Waals surface area contributed by atoms with E-state index in [0.717, 1.165) is 42.3 Å². The minimum Gasteiger partial charge on any atom is -0.496 e. The van der Waals surface area contributed by atoms with Crippen molar-refractivity contribution in [3.05, 3.63) is 28.8 Å². The summed E-state index contributed by atoms with van der Waals surface area (Å²) in [4.78, 5) is 0. The Morgan fingerprint density at radius 2 is 2.00 bits per heavy atom. The van der Waals surface area contributed by atoms with E-state index in [-0.39, 0.29) is 12.1 Å². The molecule has 0 heterocycles. The first kappa shape index (κ1) is 17.3. The number of hydrogen-bond acceptors (Lipinski definition) is 3. The summed E-state index contributed by atoms with van der Waals surface area (Å²) >= 11 is 6.10. The van der Waals surface area contributed by atoms with Crippen molar-refractivity contribution in [2.24, 2.45) is 0 Å². The van der Waals surface area contributed by atoms with Crippen LogP contribution in [0.4, 0.5) is 0 Å². The van der Waals surface area contributed by atoms with Gasteiger partial charge in [0.05, 0.1) is 13.2 Å². The van der Waals surface area contributed by atoms with Crippen LogP contribution < -0.4 is 10.1 Å². The van der Waals surface area contributed by atoms with Crippen LogP contribution in [0.1, 0.15) is 32.8 Å². The van der Waals surface area contributed by atoms with E-state index in [1.165, 1.54) is 0 Å². The maximum atomic E-state index is 6.10. The summed E-state index contributed by atoms with van der Waals surface area (Å²) in [5.74, 6) is 0.878. The summed E-state index contributed by atoms with van der Waals surface area (Å²) in [6.45, 7) is 7.94. The van der Waals surface area contributed by atoms with Gasteiger partial charge in [0.2, 0.25) is 0 Å². The van der Waals surface area contributed by atoms with E-state index in [9.17, 15) is 0 Å². The molecule has 0 bridgehead atoms. The largest absolute Gasteiger partial charge is 0.496 e. The van der Waals surface area contributed by atoms with Gasteiger partial charge >= 0.3 is 0 Å². The molecule has 2 unspecified atom stereocenters. The number of benzene rings is 1. The fourth-order valence-electron chi connectivity index (χ4n) is 2.47. The van der Waals surface area contributed by atoms with Crippen LogP contribution in [-0.2, 0) is 11.2 Å². The highest BCUT2D eigenvalue weighted by atomic mass is 35.5. The van der Waals surface area contributed by atoms with Crippen LogP contribution in [0.25, 0.3) is 0 Å². The Labute approximate surface area is 127 Å². The quantitative estimate of drug-likeness (QED) is 0.754. The molecule has 20 heavy (non-hydrogen) atoms. The van der Waals surface area contributed by atoms with Gasteiger partial charge in [-0.05, 0) is 50.1 Å². The van der Waals surface area contributed by atoms with Crippen molar-refractivity contribution >= 4 is 11.6 Å². The molecule has 1 aromatic carbocycles. The van der Waals surface area contributed by atoms with Crippen molar-refractivity contribution < 1.29 is 9.47 Å². The Morgan fingerprint density at radius 3 is 2.55 bits per heavy atom. The Hall–Kier alpha value is -0.770. The normalized spacial score (nSPS) is 14.1. The van der Waals surface area contributed by atoms with E-state index in [2.05, 4.69) is 19.2 Å². The van der Waals surface area contributed by atoms with E-state index >= 15 is 0 Å². The van der Waals surface area contributed by atoms with E-state index in [1.54, 1.807) is 7.11 Å². The summed E-state index contributed by atoms with van der Waals surface area (Å²) in [7, 11) is 1.69. The maximum Gasteiger partial charge on any atom is 0.122 e. The molecule has 1 aromatic rings. The maximum absolute atomic E-state index is 6.10. The standard InChI is InChI=1S/C16H26ClNO2/c1-5-15(20-7-3)14(18-6-2)11-12-10-13(17)8-9-16(12)19-4/h8-10,14-15,18H,5-7,11H2,1-4H3. The van der Waals surface area contributed by atoms with Gasteiger partial charge in [-0.15, -0.1) is 0 Å². The van der Waals surface area contributed by atoms with E-state index in [1.807, 2.05) is 25.1 Å². The zero-order chi connectivity index (χ0) is 15.0. The molecule has 1 rings (SSSR count). The van der Waals surface area contributed by atoms with Crippen LogP contribution in [0.2, 0.25) is 5.02 Å². The monoisotopic (exact) mass is 299 g/mol. The molecule has 0 aromatic heterocycles. The first-order chi connectivity index (χ1) is 9.65. The second-order valence-electron chi connectivity index (χ2n) is 4.73. The van der Waals surface area contributed by atoms with Gasteiger partial charge in [0, 0.05) is 17.7 Å². The average molecular weight is 300 g/mol. The van der Waals surface area contributed by atoms with Crippen LogP contribution in [-0.4, -0.2) is 32.4 Å². The summed E-state index contributed by atoms with van der Waals surface area (Å²) in [6, 6.07) is 6.01. The van der Waals surface area contributed by atoms with E-state index in [0.29, 0.717) is 0 Å². The van der Waals surface area contributed by atoms with Crippen molar-refractivity contribution in [3.63, 3.8) is 0 Å². The Bertz CT molecular complexity index is 398. The number of hydrogen-bond donors (Lipinski definition) is 1. The first-order valence-electron chi connectivity index (χ1n) is 7.33. The predicted molar refractivity (Wildman–Crippen MR) is 84.9 cm³/mol. The number of methoxy groups -OCH3 is 1. The van der Waals surface area contributed by atoms with Gasteiger partial charge in [0.25, 0.3) is 0 Å². The molecule has 0 saturated heterocycles. The molecule has 0 spiro atoms. The lowest BCUT2D eigenvalue weighted by atomic mass is 9.98. The van der Waals surface area contributed by atoms with Crippen molar-refractivity contribution in [1.29, 1.82) is 0 Å². The summed E-state index contributed by atoms with van der Waals surface area (Å²) in [5.41, 5.74) is 1.11. The lowest BCUT2D eigenvalue weighted by Crippen LogP contribution is -2.42. The molecule has 0 saturated carbocycles. The third kappa shape index (κ3) is 4.97. The van der Waals surface area contributed by atoms with Crippen molar-refractivity contribution in [2.45, 2.75) is 45.8 Å². The molecule has 0 fully saturated rings. The molecule has 0 radical (unpaired) electrons. The summed E-state index contributed by atoms with van der Waals surface area (Å²) in [5, 5.41) is 4.25. The molecule has 1 N–H and O–H groups in total. The van der Waals surface area contributed by atoms with Gasteiger partial charge in [-0.25, -0.2) is 0 Å². The smallest absolute Gasteiger partial charge is 0.122 e. The summed E-state index contributed by atoms with van der Waals surface area (Å²) < 4.78 is 11.3. The van der Waals surface area contributed by atoms with Gasteiger partial charge in [-0.1, -0.05) is 25.4 Å². The van der Waals surface area contributed by atoms with Crippen LogP contribution in [0.5, 0.6) is 5.75 Å². The van der Waals surface area contributed by atoms with Crippen LogP contribution in [0, 0.1) is 0 Å². The molecule has 0 aliphatic rings. The highest BCUT2D eigenvalue weighted by Crippen LogP contribution is 2.25. The lowest BCUT2D eigenvalue weighted by Gasteiger charge is -2.27. The SMILES string of the molecule is CCNC(Cc1cc(Cl)ccc1OC)C(CC)OCC. The second-order valence-corrected chi connectivity index (χ2v) is 5.16. The highest BCUT2D eigenvalue weighted by Gasteiger charge is 2.21. The van der Waals surface area contributed by atoms with E-state index < -0.39 is 0 Å². The molecular weight excluding hydrogens is 274 g/mol. The van der Waals surface area contributed by atoms with Gasteiger partial charge in [0.15, 0.2) is 0 Å². The Morgan fingerprint density at radius 1 is 1.25 bits per heavy atom. The number of ether oxygens (including phenoxy) is 2. The molecule has 0 aliphatic carbocycles. The van der Waals surface area contributed by atoms with Gasteiger partial charge < -0.3 is 14.8 Å². The van der Waals surface area contributed by atoms with Crippen molar-refractivity contribution in [3.8, 4) is 5.75 Å². The Kier molecular flexibility index (Phi) is 7.97. The molecule has 2 atom stereocenters. The number of nitrogens with one attached hydrogen (secondary N) is 1. The molecule has 0 aliphatic heterocycles. The Balaban J connectivity index is 2.91. The topological polar surface area (TPSA) is 30.5 Å². The lowest BCUT2D eigenvalue weighted by molar-refractivity contribution is 0.0322. The average Bonchev–Trinajstić information content (AvgIpc) is 2.44. The second kappa shape index (κ2) is 9.22. The van der Waals surface area contributed by atoms with Gasteiger partial charge in [-0.2, -0.15) is 0 Å². The molecule has 4 heteroatoms. The van der Waals surface area contributed by atoms with Crippen molar-refractivity contribution in [1.82, 2.24) is 5.32 Å². The number of likely N-dealkylation sites (N-methyl/N-ethyl adjacent to an activating group) is 1. The zero-order valence-electron chi connectivity index (χ0n) is 12.9. The molecule has 3 nitrogen and oxygen atoms in total. The molecule has 114 valence electrons. The zero-order valence-corrected chi connectivity index (χ0v) is 13.7. The fraction of sp³-hybridized carbons (Fsp3) is 0.625. The minimum atomic E-state index is 0.198. The van der Waals surface area contributed by atoms with Crippen LogP contribution in [0.15, 0.2) is 18.2 Å². The minimum absolute atomic E-state index is 0.198. The van der Waals surface area contributed by atoms with Crippen LogP contribution in [0.3, 0.4) is 0 Å². The first-order valence-corrected chi connectivity index (χ1v) is 7.71. The number of halogens is 1. The third-order valence-corrected chi connectivity index (χ3v) is 3.62. The molecule has 0 amide bonds. The van der Waals surface area contributed by atoms with Gasteiger partial charge in [0.1, 0.15) is 5.75 Å². The fourth-order valence-corrected chi connectivity index (χ4v) is 2.67. The third-order valence-electron chi connectivity index (χ3n) is 3.38. The van der Waals surface area contributed by atoms with Crippen molar-refractivity contribution in [2.75, 3.05) is 20.3 Å². The predicted octanol–water partition coefficient (Wildman–Crippen LogP) is 3.68. The number of rotatable bonds is 9. The van der Waals surface area contributed by atoms with Gasteiger partial charge in [-0.3, -0.25) is 0 Å². The van der Waals surface area contributed by atoms with E-state index in [4.69, 9.17) is 21.1 Å². The highest BCUT2D eigenvalue weighted by molar-refractivity contribution is 6.30.